The Morgan fingerprint density at radius 3 is 2.36 bits per heavy atom. The third-order valence-corrected chi connectivity index (χ3v) is 5.21. The van der Waals surface area contributed by atoms with Gasteiger partial charge >= 0.3 is 12.4 Å². The van der Waals surface area contributed by atoms with Crippen molar-refractivity contribution in [1.82, 2.24) is 19.7 Å². The lowest BCUT2D eigenvalue weighted by Crippen LogP contribution is -2.12. The van der Waals surface area contributed by atoms with Crippen LogP contribution in [0.15, 0.2) is 59.3 Å². The molecule has 2 aliphatic rings. The van der Waals surface area contributed by atoms with Crippen molar-refractivity contribution < 1.29 is 35.3 Å². The minimum absolute atomic E-state index is 0.0380. The van der Waals surface area contributed by atoms with Gasteiger partial charge in [-0.3, -0.25) is 4.57 Å². The SMILES string of the molecule is Fc1ccccc1-c1nc2c#cn(Cc3cc(-c4ccc(C(F)(F)F)cc4C(F)(F)F)no3)cc-2n1. The normalized spacial score (nSPS) is 12.2. The molecule has 5 nitrogen and oxygen atoms in total. The monoisotopic (exact) mass is 504 g/mol. The van der Waals surface area contributed by atoms with E-state index in [4.69, 9.17) is 4.52 Å². The van der Waals surface area contributed by atoms with Gasteiger partial charge in [-0.2, -0.15) is 26.3 Å². The highest BCUT2D eigenvalue weighted by molar-refractivity contribution is 5.66. The van der Waals surface area contributed by atoms with Crippen LogP contribution in [0.1, 0.15) is 16.9 Å². The molecular formula is C24H11F7N4O. The first-order chi connectivity index (χ1) is 17.0. The van der Waals surface area contributed by atoms with Crippen molar-refractivity contribution in [2.24, 2.45) is 0 Å². The van der Waals surface area contributed by atoms with E-state index in [1.807, 2.05) is 0 Å². The van der Waals surface area contributed by atoms with Crippen molar-refractivity contribution in [3.63, 3.8) is 0 Å². The van der Waals surface area contributed by atoms with Crippen molar-refractivity contribution in [2.75, 3.05) is 0 Å². The molecule has 3 aromatic rings. The number of hydrogen-bond donors (Lipinski definition) is 0. The van der Waals surface area contributed by atoms with Crippen LogP contribution in [0.2, 0.25) is 0 Å². The second-order valence-electron chi connectivity index (χ2n) is 7.69. The van der Waals surface area contributed by atoms with Gasteiger partial charge in [-0.1, -0.05) is 23.4 Å². The molecule has 2 aromatic carbocycles. The quantitative estimate of drug-likeness (QED) is 0.261. The van der Waals surface area contributed by atoms with E-state index in [9.17, 15) is 30.7 Å². The molecule has 0 aliphatic carbocycles. The molecule has 1 aromatic heterocycles. The highest BCUT2D eigenvalue weighted by atomic mass is 19.4. The zero-order valence-electron chi connectivity index (χ0n) is 17.7. The number of imidazole rings is 1. The maximum absolute atomic E-state index is 14.0. The third-order valence-electron chi connectivity index (χ3n) is 5.21. The Balaban J connectivity index is 1.44. The van der Waals surface area contributed by atoms with E-state index in [0.717, 1.165) is 0 Å². The number of nitrogens with zero attached hydrogens (tertiary/aromatic N) is 4. The largest absolute Gasteiger partial charge is 0.417 e. The van der Waals surface area contributed by atoms with Gasteiger partial charge in [-0.25, -0.2) is 14.4 Å². The predicted molar refractivity (Wildman–Crippen MR) is 111 cm³/mol. The maximum atomic E-state index is 14.0. The van der Waals surface area contributed by atoms with Gasteiger partial charge in [0.15, 0.2) is 11.6 Å². The summed E-state index contributed by atoms with van der Waals surface area (Å²) >= 11 is 0. The minimum Gasteiger partial charge on any atom is -0.359 e. The number of halogens is 7. The fourth-order valence-corrected chi connectivity index (χ4v) is 3.55. The van der Waals surface area contributed by atoms with Crippen LogP contribution in [0.25, 0.3) is 34.0 Å². The van der Waals surface area contributed by atoms with Crippen LogP contribution in [0.5, 0.6) is 0 Å². The number of rotatable bonds is 4. The van der Waals surface area contributed by atoms with E-state index in [1.165, 1.54) is 35.0 Å². The summed E-state index contributed by atoms with van der Waals surface area (Å²) in [6.07, 6.45) is -5.74. The van der Waals surface area contributed by atoms with Gasteiger partial charge in [0.2, 0.25) is 0 Å². The van der Waals surface area contributed by atoms with Crippen LogP contribution in [0.3, 0.4) is 0 Å². The van der Waals surface area contributed by atoms with Crippen molar-refractivity contribution in [3.8, 4) is 34.0 Å². The van der Waals surface area contributed by atoms with Gasteiger partial charge in [0.1, 0.15) is 22.9 Å². The van der Waals surface area contributed by atoms with Crippen LogP contribution >= 0.6 is 0 Å². The highest BCUT2D eigenvalue weighted by Gasteiger charge is 2.39. The molecule has 3 heterocycles. The summed E-state index contributed by atoms with van der Waals surface area (Å²) in [5, 5.41) is 3.60. The van der Waals surface area contributed by atoms with Gasteiger partial charge in [-0.05, 0) is 30.3 Å². The van der Waals surface area contributed by atoms with Crippen molar-refractivity contribution in [3.05, 3.63) is 89.7 Å². The highest BCUT2D eigenvalue weighted by Crippen LogP contribution is 2.40. The van der Waals surface area contributed by atoms with Crippen molar-refractivity contribution in [2.45, 2.75) is 18.9 Å². The average molecular weight is 504 g/mol. The molecule has 5 rings (SSSR count). The standard InChI is InChI=1S/C24H11F7N4O/c25-18-4-2-1-3-16(18)22-32-19-7-8-35(12-21(19)33-22)11-14-10-20(34-36-14)15-6-5-13(23(26,27)28)9-17(15)24(29,30)31/h1-6,9-10,12H,11H2. The molecular weight excluding hydrogens is 493 g/mol. The Labute approximate surface area is 198 Å². The lowest BCUT2D eigenvalue weighted by Gasteiger charge is -2.14. The molecule has 12 heteroatoms. The van der Waals surface area contributed by atoms with E-state index < -0.39 is 34.9 Å². The van der Waals surface area contributed by atoms with Crippen LogP contribution in [0, 0.1) is 18.1 Å². The van der Waals surface area contributed by atoms with E-state index in [-0.39, 0.29) is 35.5 Å². The molecule has 0 atom stereocenters. The fraction of sp³-hybridized carbons (Fsp3) is 0.125. The first-order valence-electron chi connectivity index (χ1n) is 10.2. The number of benzene rings is 2. The second kappa shape index (κ2) is 8.37. The molecule has 0 saturated heterocycles. The predicted octanol–water partition coefficient (Wildman–Crippen LogP) is 6.53. The second-order valence-corrected chi connectivity index (χ2v) is 7.69. The van der Waals surface area contributed by atoms with E-state index >= 15 is 0 Å². The van der Waals surface area contributed by atoms with Crippen molar-refractivity contribution in [1.29, 1.82) is 0 Å². The molecule has 2 aliphatic heterocycles. The van der Waals surface area contributed by atoms with Crippen LogP contribution in [0.4, 0.5) is 30.7 Å². The molecule has 0 N–H and O–H groups in total. The number of aromatic nitrogens is 4. The topological polar surface area (TPSA) is 56.7 Å². The van der Waals surface area contributed by atoms with Crippen molar-refractivity contribution >= 4 is 0 Å². The maximum Gasteiger partial charge on any atom is 0.417 e. The molecule has 0 bridgehead atoms. The van der Waals surface area contributed by atoms with Gasteiger partial charge in [0.05, 0.1) is 23.2 Å². The Kier molecular flexibility index (Phi) is 5.43. The van der Waals surface area contributed by atoms with Gasteiger partial charge < -0.3 is 4.52 Å². The average Bonchev–Trinajstić information content (AvgIpc) is 3.44. The summed E-state index contributed by atoms with van der Waals surface area (Å²) in [6.45, 7) is -0.0523. The first-order valence-corrected chi connectivity index (χ1v) is 10.2. The minimum atomic E-state index is -5.05. The summed E-state index contributed by atoms with van der Waals surface area (Å²) in [6, 6.07) is 11.2. The molecule has 0 amide bonds. The molecule has 0 spiro atoms. The van der Waals surface area contributed by atoms with Gasteiger partial charge in [-0.15, -0.1) is 0 Å². The molecule has 0 saturated carbocycles. The molecule has 0 unspecified atom stereocenters. The van der Waals surface area contributed by atoms with Gasteiger partial charge in [0, 0.05) is 24.0 Å². The summed E-state index contributed by atoms with van der Waals surface area (Å²) in [7, 11) is 0. The zero-order chi connectivity index (χ0) is 25.7. The van der Waals surface area contributed by atoms with E-state index in [0.29, 0.717) is 23.5 Å². The molecule has 0 fully saturated rings. The molecule has 36 heavy (non-hydrogen) atoms. The zero-order valence-corrected chi connectivity index (χ0v) is 17.7. The number of hydrogen-bond acceptors (Lipinski definition) is 4. The van der Waals surface area contributed by atoms with E-state index in [1.54, 1.807) is 6.07 Å². The summed E-state index contributed by atoms with van der Waals surface area (Å²) in [4.78, 5) is 8.50. The lowest BCUT2D eigenvalue weighted by molar-refractivity contribution is -0.142. The van der Waals surface area contributed by atoms with Crippen LogP contribution in [-0.2, 0) is 18.9 Å². The first kappa shape index (κ1) is 23.3. The van der Waals surface area contributed by atoms with Crippen LogP contribution < -0.4 is 0 Å². The smallest absolute Gasteiger partial charge is 0.359 e. The Hall–Kier alpha value is -4.40. The van der Waals surface area contributed by atoms with E-state index in [2.05, 4.69) is 27.4 Å². The summed E-state index contributed by atoms with van der Waals surface area (Å²) in [5.74, 6) is -0.254. The number of alkyl halides is 6. The fourth-order valence-electron chi connectivity index (χ4n) is 3.55. The lowest BCUT2D eigenvalue weighted by atomic mass is 10.0. The molecule has 0 radical (unpaired) electrons. The number of fused-ring (bicyclic) bond motifs is 1. The summed E-state index contributed by atoms with van der Waals surface area (Å²) < 4.78 is 99.8. The molecule has 182 valence electrons. The third kappa shape index (κ3) is 4.47. The summed E-state index contributed by atoms with van der Waals surface area (Å²) in [5.41, 5.74) is -2.88. The Bertz CT molecular complexity index is 1520. The Morgan fingerprint density at radius 1 is 0.861 bits per heavy atom. The van der Waals surface area contributed by atoms with Gasteiger partial charge in [0.25, 0.3) is 0 Å². The Morgan fingerprint density at radius 2 is 1.64 bits per heavy atom. The van der Waals surface area contributed by atoms with Crippen LogP contribution in [-0.4, -0.2) is 19.7 Å².